The molecule has 0 spiro atoms. The van der Waals surface area contributed by atoms with Gasteiger partial charge in [0.2, 0.25) is 0 Å². The van der Waals surface area contributed by atoms with Gasteiger partial charge in [-0.3, -0.25) is 0 Å². The van der Waals surface area contributed by atoms with E-state index in [1.807, 2.05) is 0 Å². The lowest BCUT2D eigenvalue weighted by Gasteiger charge is -2.15. The van der Waals surface area contributed by atoms with Crippen LogP contribution in [0.15, 0.2) is 18.2 Å². The molecule has 0 aliphatic rings. The predicted octanol–water partition coefficient (Wildman–Crippen LogP) is 1.48. The Balaban J connectivity index is 3.16. The van der Waals surface area contributed by atoms with E-state index in [4.69, 9.17) is 19.3 Å². The molecule has 16 heavy (non-hydrogen) atoms. The molecule has 1 rings (SSSR count). The van der Waals surface area contributed by atoms with Crippen molar-refractivity contribution in [3.05, 3.63) is 23.8 Å². The Bertz CT molecular complexity index is 375. The highest BCUT2D eigenvalue weighted by molar-refractivity contribution is 5.75. The van der Waals surface area contributed by atoms with Crippen molar-refractivity contribution in [3.8, 4) is 11.5 Å². The lowest BCUT2D eigenvalue weighted by molar-refractivity contribution is -0.149. The van der Waals surface area contributed by atoms with Crippen molar-refractivity contribution >= 4 is 5.97 Å². The maximum Gasteiger partial charge on any atom is 0.337 e. The summed E-state index contributed by atoms with van der Waals surface area (Å²) in [5.41, 5.74) is 0.457. The Kier molecular flexibility index (Phi) is 4.13. The molecule has 1 N–H and O–H groups in total. The van der Waals surface area contributed by atoms with E-state index < -0.39 is 12.1 Å². The lowest BCUT2D eigenvalue weighted by atomic mass is 10.1. The maximum absolute atomic E-state index is 10.9. The minimum atomic E-state index is -1.06. The molecule has 0 aliphatic carbocycles. The minimum Gasteiger partial charge on any atom is -0.497 e. The first-order valence-electron chi connectivity index (χ1n) is 4.61. The second-order valence-corrected chi connectivity index (χ2v) is 3.06. The first-order chi connectivity index (χ1) is 7.63. The van der Waals surface area contributed by atoms with E-state index in [1.54, 1.807) is 18.2 Å². The Morgan fingerprint density at radius 3 is 2.38 bits per heavy atom. The molecule has 1 aromatic carbocycles. The second-order valence-electron chi connectivity index (χ2n) is 3.06. The van der Waals surface area contributed by atoms with Crippen molar-refractivity contribution in [2.24, 2.45) is 0 Å². The van der Waals surface area contributed by atoms with Crippen molar-refractivity contribution in [1.82, 2.24) is 0 Å². The van der Waals surface area contributed by atoms with Gasteiger partial charge >= 0.3 is 5.97 Å². The van der Waals surface area contributed by atoms with Gasteiger partial charge in [0.05, 0.1) is 14.2 Å². The molecule has 0 saturated heterocycles. The number of carboxylic acids is 1. The predicted molar refractivity (Wildman–Crippen MR) is 56.9 cm³/mol. The number of ether oxygens (including phenoxy) is 3. The monoisotopic (exact) mass is 226 g/mol. The van der Waals surface area contributed by atoms with Gasteiger partial charge in [-0.2, -0.15) is 0 Å². The molecule has 0 amide bonds. The third-order valence-electron chi connectivity index (χ3n) is 2.18. The maximum atomic E-state index is 10.9. The van der Waals surface area contributed by atoms with E-state index in [-0.39, 0.29) is 0 Å². The Morgan fingerprint density at radius 2 is 1.94 bits per heavy atom. The van der Waals surface area contributed by atoms with Crippen LogP contribution in [0.25, 0.3) is 0 Å². The van der Waals surface area contributed by atoms with Crippen molar-refractivity contribution in [2.45, 2.75) is 6.10 Å². The van der Waals surface area contributed by atoms with Gasteiger partial charge in [-0.05, 0) is 12.1 Å². The molecule has 88 valence electrons. The van der Waals surface area contributed by atoms with Crippen molar-refractivity contribution in [3.63, 3.8) is 0 Å². The summed E-state index contributed by atoms with van der Waals surface area (Å²) >= 11 is 0. The zero-order valence-corrected chi connectivity index (χ0v) is 9.39. The van der Waals surface area contributed by atoms with Gasteiger partial charge in [-0.25, -0.2) is 4.79 Å². The van der Waals surface area contributed by atoms with Crippen LogP contribution in [-0.2, 0) is 9.53 Å². The summed E-state index contributed by atoms with van der Waals surface area (Å²) in [7, 11) is 4.33. The molecule has 1 aromatic rings. The number of hydrogen-bond acceptors (Lipinski definition) is 4. The van der Waals surface area contributed by atoms with Crippen LogP contribution in [0.3, 0.4) is 0 Å². The number of hydrogen-bond donors (Lipinski definition) is 1. The molecule has 5 heteroatoms. The van der Waals surface area contributed by atoms with E-state index in [2.05, 4.69) is 0 Å². The molecular formula is C11H14O5. The van der Waals surface area contributed by atoms with Crippen molar-refractivity contribution in [1.29, 1.82) is 0 Å². The zero-order valence-electron chi connectivity index (χ0n) is 9.39. The van der Waals surface area contributed by atoms with Crippen LogP contribution in [0.4, 0.5) is 0 Å². The average molecular weight is 226 g/mol. The van der Waals surface area contributed by atoms with Gasteiger partial charge in [0.15, 0.2) is 6.10 Å². The van der Waals surface area contributed by atoms with Gasteiger partial charge in [0.1, 0.15) is 11.5 Å². The molecule has 0 fully saturated rings. The Labute approximate surface area is 93.6 Å². The Hall–Kier alpha value is -1.75. The fraction of sp³-hybridized carbons (Fsp3) is 0.364. The van der Waals surface area contributed by atoms with Gasteiger partial charge < -0.3 is 19.3 Å². The average Bonchev–Trinajstić information content (AvgIpc) is 2.29. The summed E-state index contributed by atoms with van der Waals surface area (Å²) in [5, 5.41) is 8.96. The standard InChI is InChI=1S/C11H14O5/c1-14-7-4-5-8(9(6-7)15-2)10(16-3)11(12)13/h4-6,10H,1-3H3,(H,12,13)/t10-/m0/s1. The van der Waals surface area contributed by atoms with Crippen LogP contribution in [-0.4, -0.2) is 32.4 Å². The number of methoxy groups -OCH3 is 3. The number of rotatable bonds is 5. The first-order valence-corrected chi connectivity index (χ1v) is 4.61. The molecule has 0 aliphatic heterocycles. The van der Waals surface area contributed by atoms with Crippen LogP contribution in [0.1, 0.15) is 11.7 Å². The van der Waals surface area contributed by atoms with Crippen LogP contribution in [0, 0.1) is 0 Å². The smallest absolute Gasteiger partial charge is 0.337 e. The third-order valence-corrected chi connectivity index (χ3v) is 2.18. The van der Waals surface area contributed by atoms with Crippen LogP contribution < -0.4 is 9.47 Å². The topological polar surface area (TPSA) is 65.0 Å². The summed E-state index contributed by atoms with van der Waals surface area (Å²) < 4.78 is 15.0. The Morgan fingerprint density at radius 1 is 1.25 bits per heavy atom. The van der Waals surface area contributed by atoms with Gasteiger partial charge in [0.25, 0.3) is 0 Å². The first kappa shape index (κ1) is 12.3. The zero-order chi connectivity index (χ0) is 12.1. The molecule has 0 aromatic heterocycles. The summed E-state index contributed by atoms with van der Waals surface area (Å²) in [4.78, 5) is 10.9. The molecule has 0 heterocycles. The van der Waals surface area contributed by atoms with Gasteiger partial charge in [0, 0.05) is 18.7 Å². The minimum absolute atomic E-state index is 0.425. The van der Waals surface area contributed by atoms with Crippen LogP contribution in [0.5, 0.6) is 11.5 Å². The number of aliphatic carboxylic acids is 1. The molecule has 0 radical (unpaired) electrons. The molecule has 1 atom stereocenters. The van der Waals surface area contributed by atoms with E-state index in [9.17, 15) is 4.79 Å². The summed E-state index contributed by atoms with van der Waals surface area (Å²) in [5.74, 6) is -0.0413. The fourth-order valence-corrected chi connectivity index (χ4v) is 1.40. The van der Waals surface area contributed by atoms with E-state index in [0.29, 0.717) is 17.1 Å². The van der Waals surface area contributed by atoms with Gasteiger partial charge in [-0.15, -0.1) is 0 Å². The third kappa shape index (κ3) is 2.43. The molecule has 0 unspecified atom stereocenters. The SMILES string of the molecule is COc1ccc([C@H](OC)C(=O)O)c(OC)c1. The van der Waals surface area contributed by atoms with Crippen LogP contribution >= 0.6 is 0 Å². The van der Waals surface area contributed by atoms with Crippen LogP contribution in [0.2, 0.25) is 0 Å². The summed E-state index contributed by atoms with van der Waals surface area (Å²) in [6.07, 6.45) is -1.04. The van der Waals surface area contributed by atoms with E-state index >= 15 is 0 Å². The largest absolute Gasteiger partial charge is 0.497 e. The highest BCUT2D eigenvalue weighted by atomic mass is 16.5. The van der Waals surface area contributed by atoms with Gasteiger partial charge in [-0.1, -0.05) is 0 Å². The second kappa shape index (κ2) is 5.37. The molecular weight excluding hydrogens is 212 g/mol. The molecule has 0 bridgehead atoms. The highest BCUT2D eigenvalue weighted by Gasteiger charge is 2.23. The van der Waals surface area contributed by atoms with Crippen molar-refractivity contribution in [2.75, 3.05) is 21.3 Å². The summed E-state index contributed by atoms with van der Waals surface area (Å²) in [6, 6.07) is 4.89. The number of carbonyl (C=O) groups is 1. The van der Waals surface area contributed by atoms with Crippen molar-refractivity contribution < 1.29 is 24.1 Å². The lowest BCUT2D eigenvalue weighted by Crippen LogP contribution is -2.14. The quantitative estimate of drug-likeness (QED) is 0.823. The summed E-state index contributed by atoms with van der Waals surface area (Å²) in [6.45, 7) is 0. The van der Waals surface area contributed by atoms with E-state index in [1.165, 1.54) is 21.3 Å². The fourth-order valence-electron chi connectivity index (χ4n) is 1.40. The number of carboxylic acid groups (broad SMARTS) is 1. The number of benzene rings is 1. The molecule has 5 nitrogen and oxygen atoms in total. The van der Waals surface area contributed by atoms with E-state index in [0.717, 1.165) is 0 Å². The normalized spacial score (nSPS) is 11.9. The highest BCUT2D eigenvalue weighted by Crippen LogP contribution is 2.31. The molecule has 0 saturated carbocycles.